The molecule has 5 heteroatoms. The Hall–Kier alpha value is 1.96. The first-order valence-electron chi connectivity index (χ1n) is 4.48. The van der Waals surface area contributed by atoms with E-state index in [0.29, 0.717) is 0 Å². The standard InChI is InChI=1S/4C2H4Cl.Sn/c4*1-2-3;/h4*1-2H2;. The molecule has 80 valence electrons. The van der Waals surface area contributed by atoms with Crippen molar-refractivity contribution in [1.82, 2.24) is 0 Å². The van der Waals surface area contributed by atoms with E-state index in [0.717, 1.165) is 23.5 Å². The molecule has 0 unspecified atom stereocenters. The second kappa shape index (κ2) is 9.20. The first-order valence-corrected chi connectivity index (χ1v) is 14.7. The number of rotatable bonds is 8. The van der Waals surface area contributed by atoms with Gasteiger partial charge in [0.1, 0.15) is 0 Å². The molecule has 0 aromatic carbocycles. The fourth-order valence-corrected chi connectivity index (χ4v) is 21.2. The van der Waals surface area contributed by atoms with Crippen LogP contribution >= 0.6 is 46.4 Å². The van der Waals surface area contributed by atoms with Crippen LogP contribution < -0.4 is 0 Å². The van der Waals surface area contributed by atoms with Crippen molar-refractivity contribution < 1.29 is 0 Å². The molecule has 0 N–H and O–H groups in total. The molecule has 0 nitrogen and oxygen atoms in total. The molecule has 0 rings (SSSR count). The van der Waals surface area contributed by atoms with Gasteiger partial charge in [-0.25, -0.2) is 0 Å². The second-order valence-corrected chi connectivity index (χ2v) is 19.0. The predicted molar refractivity (Wildman–Crippen MR) is 67.9 cm³/mol. The number of hydrogen-bond donors (Lipinski definition) is 0. The van der Waals surface area contributed by atoms with E-state index in [2.05, 4.69) is 0 Å². The summed E-state index contributed by atoms with van der Waals surface area (Å²) in [4.78, 5) is 0. The number of halogens is 4. The fraction of sp³-hybridized carbons (Fsp3) is 1.00. The fourth-order valence-electron chi connectivity index (χ4n) is 1.55. The van der Waals surface area contributed by atoms with Gasteiger partial charge in [-0.1, -0.05) is 0 Å². The van der Waals surface area contributed by atoms with E-state index in [9.17, 15) is 0 Å². The zero-order chi connectivity index (χ0) is 10.2. The summed E-state index contributed by atoms with van der Waals surface area (Å²) < 4.78 is 4.68. The molecule has 0 saturated carbocycles. The van der Waals surface area contributed by atoms with Gasteiger partial charge in [-0.05, 0) is 0 Å². The van der Waals surface area contributed by atoms with Gasteiger partial charge in [0.2, 0.25) is 0 Å². The van der Waals surface area contributed by atoms with Gasteiger partial charge in [-0.2, -0.15) is 0 Å². The molecule has 0 atom stereocenters. The van der Waals surface area contributed by atoms with Crippen molar-refractivity contribution in [1.29, 1.82) is 0 Å². The van der Waals surface area contributed by atoms with Crippen LogP contribution in [0.15, 0.2) is 0 Å². The Balaban J connectivity index is 4.19. The third kappa shape index (κ3) is 6.19. The Morgan fingerprint density at radius 3 is 0.923 bits per heavy atom. The monoisotopic (exact) mass is 372 g/mol. The zero-order valence-corrected chi connectivity index (χ0v) is 13.5. The van der Waals surface area contributed by atoms with Gasteiger partial charge in [-0.15, -0.1) is 0 Å². The van der Waals surface area contributed by atoms with E-state index in [1.807, 2.05) is 0 Å². The van der Waals surface area contributed by atoms with Crippen molar-refractivity contribution in [3.63, 3.8) is 0 Å². The topological polar surface area (TPSA) is 0 Å². The van der Waals surface area contributed by atoms with Crippen LogP contribution in [0.25, 0.3) is 0 Å². The predicted octanol–water partition coefficient (Wildman–Crippen LogP) is 4.39. The van der Waals surface area contributed by atoms with Gasteiger partial charge in [0.15, 0.2) is 0 Å². The molecule has 0 aromatic rings. The van der Waals surface area contributed by atoms with Crippen LogP contribution in [0.5, 0.6) is 0 Å². The molecule has 0 aromatic heterocycles. The first kappa shape index (κ1) is 15.0. The Bertz CT molecular complexity index is 91.2. The van der Waals surface area contributed by atoms with E-state index in [-0.39, 0.29) is 0 Å². The molecular weight excluding hydrogens is 357 g/mol. The van der Waals surface area contributed by atoms with Crippen molar-refractivity contribution in [3.05, 3.63) is 0 Å². The Labute approximate surface area is 105 Å². The third-order valence-electron chi connectivity index (χ3n) is 2.50. The van der Waals surface area contributed by atoms with Crippen molar-refractivity contribution in [2.45, 2.75) is 17.7 Å². The molecule has 0 radical (unpaired) electrons. The maximum atomic E-state index is 5.82. The first-order chi connectivity index (χ1) is 6.24. The van der Waals surface area contributed by atoms with Crippen molar-refractivity contribution in [3.8, 4) is 0 Å². The van der Waals surface area contributed by atoms with Crippen LogP contribution in [0.2, 0.25) is 17.7 Å². The zero-order valence-electron chi connectivity index (χ0n) is 7.67. The van der Waals surface area contributed by atoms with Gasteiger partial charge >= 0.3 is 106 Å². The van der Waals surface area contributed by atoms with Gasteiger partial charge in [-0.3, -0.25) is 0 Å². The molecule has 0 aliphatic rings. The minimum atomic E-state index is -2.09. The van der Waals surface area contributed by atoms with Gasteiger partial charge < -0.3 is 0 Å². The summed E-state index contributed by atoms with van der Waals surface area (Å²) in [6.07, 6.45) is 0. The number of hydrogen-bond acceptors (Lipinski definition) is 0. The summed E-state index contributed by atoms with van der Waals surface area (Å²) in [6.45, 7) is 0. The normalized spacial score (nSPS) is 12.0. The summed E-state index contributed by atoms with van der Waals surface area (Å²) in [5.41, 5.74) is 0. The summed E-state index contributed by atoms with van der Waals surface area (Å²) in [6, 6.07) is 0. The maximum absolute atomic E-state index is 5.82. The third-order valence-corrected chi connectivity index (χ3v) is 21.8. The Kier molecular flexibility index (Phi) is 10.6. The van der Waals surface area contributed by atoms with Crippen LogP contribution in [-0.4, -0.2) is 41.9 Å². The molecule has 0 bridgehead atoms. The molecular formula is C8H16Cl4Sn. The second-order valence-electron chi connectivity index (χ2n) is 3.26. The molecule has 0 heterocycles. The van der Waals surface area contributed by atoms with Gasteiger partial charge in [0.25, 0.3) is 0 Å². The van der Waals surface area contributed by atoms with Crippen molar-refractivity contribution in [2.75, 3.05) is 23.5 Å². The summed E-state index contributed by atoms with van der Waals surface area (Å²) >= 11 is 21.2. The van der Waals surface area contributed by atoms with E-state index in [1.54, 1.807) is 0 Å². The molecule has 0 aliphatic heterocycles. The Morgan fingerprint density at radius 2 is 0.769 bits per heavy atom. The molecule has 0 amide bonds. The van der Waals surface area contributed by atoms with Crippen molar-refractivity contribution >= 4 is 64.8 Å². The van der Waals surface area contributed by atoms with Gasteiger partial charge in [0.05, 0.1) is 0 Å². The summed E-state index contributed by atoms with van der Waals surface area (Å²) in [7, 11) is 0. The van der Waals surface area contributed by atoms with Crippen molar-refractivity contribution in [2.24, 2.45) is 0 Å². The van der Waals surface area contributed by atoms with Crippen LogP contribution in [0.1, 0.15) is 0 Å². The molecule has 0 fully saturated rings. The average Bonchev–Trinajstić information content (AvgIpc) is 2.06. The molecule has 0 saturated heterocycles. The average molecular weight is 373 g/mol. The Morgan fingerprint density at radius 1 is 0.538 bits per heavy atom. The van der Waals surface area contributed by atoms with E-state index in [1.165, 1.54) is 17.7 Å². The van der Waals surface area contributed by atoms with Gasteiger partial charge in [0, 0.05) is 0 Å². The summed E-state index contributed by atoms with van der Waals surface area (Å²) in [5.74, 6) is 3.00. The summed E-state index contributed by atoms with van der Waals surface area (Å²) in [5, 5.41) is 0. The molecule has 0 aliphatic carbocycles. The number of alkyl halides is 4. The van der Waals surface area contributed by atoms with E-state index in [4.69, 9.17) is 46.4 Å². The SMILES string of the molecule is ClC[CH2][Sn]([CH2]CCl)([CH2]CCl)[CH2]CCl. The van der Waals surface area contributed by atoms with E-state index < -0.39 is 18.4 Å². The van der Waals surface area contributed by atoms with Crippen LogP contribution in [-0.2, 0) is 0 Å². The van der Waals surface area contributed by atoms with E-state index >= 15 is 0 Å². The van der Waals surface area contributed by atoms with Crippen LogP contribution in [0.3, 0.4) is 0 Å². The quantitative estimate of drug-likeness (QED) is 0.438. The minimum absolute atomic E-state index is 0.751. The van der Waals surface area contributed by atoms with Crippen LogP contribution in [0, 0.1) is 0 Å². The molecule has 13 heavy (non-hydrogen) atoms. The molecule has 0 spiro atoms. The van der Waals surface area contributed by atoms with Crippen LogP contribution in [0.4, 0.5) is 0 Å².